The maximum atomic E-state index is 10.4. The van der Waals surface area contributed by atoms with E-state index in [1.54, 1.807) is 0 Å². The van der Waals surface area contributed by atoms with Gasteiger partial charge in [0.15, 0.2) is 0 Å². The van der Waals surface area contributed by atoms with Crippen LogP contribution in [-0.2, 0) is 14.4 Å². The van der Waals surface area contributed by atoms with Gasteiger partial charge in [-0.2, -0.15) is 0 Å². The average molecular weight is 162 g/mol. The fraction of sp³-hybridized carbons (Fsp3) is 0.400. The smallest absolute Gasteiger partial charge is 0.380 e. The van der Waals surface area contributed by atoms with Crippen molar-refractivity contribution in [1.29, 1.82) is 0 Å². The van der Waals surface area contributed by atoms with E-state index in [9.17, 15) is 14.4 Å². The molecule has 0 saturated heterocycles. The summed E-state index contributed by atoms with van der Waals surface area (Å²) in [5.41, 5.74) is 0. The first-order chi connectivity index (χ1) is 5.00. The number of ketones is 2. The molecule has 3 N–H and O–H groups in total. The molecule has 0 aromatic carbocycles. The Bertz CT molecular complexity index is 195. The summed E-state index contributed by atoms with van der Waals surface area (Å²) in [7, 11) is 0. The van der Waals surface area contributed by atoms with Crippen LogP contribution in [-0.4, -0.2) is 45.6 Å². The van der Waals surface area contributed by atoms with Gasteiger partial charge in [0.1, 0.15) is 6.10 Å². The predicted octanol–water partition coefficient (Wildman–Crippen LogP) is -2.44. The standard InChI is InChI=1S/C5H6O6/c6-1-2(7)3(8)4(9)5(10)11/h2,6-7H,1H2,(H,10,11)/t2-/m1/s1. The van der Waals surface area contributed by atoms with Gasteiger partial charge in [0.2, 0.25) is 5.78 Å². The molecule has 0 aliphatic heterocycles. The summed E-state index contributed by atoms with van der Waals surface area (Å²) in [6.07, 6.45) is -1.93. The van der Waals surface area contributed by atoms with Crippen molar-refractivity contribution in [3.05, 3.63) is 0 Å². The van der Waals surface area contributed by atoms with E-state index in [-0.39, 0.29) is 0 Å². The van der Waals surface area contributed by atoms with E-state index in [0.717, 1.165) is 0 Å². The summed E-state index contributed by atoms with van der Waals surface area (Å²) in [5, 5.41) is 24.5. The minimum Gasteiger partial charge on any atom is -0.475 e. The minimum absolute atomic E-state index is 0.960. The van der Waals surface area contributed by atoms with Gasteiger partial charge in [-0.25, -0.2) is 4.79 Å². The highest BCUT2D eigenvalue weighted by Gasteiger charge is 2.27. The molecule has 0 bridgehead atoms. The van der Waals surface area contributed by atoms with Crippen LogP contribution in [0.2, 0.25) is 0 Å². The third kappa shape index (κ3) is 2.44. The van der Waals surface area contributed by atoms with Crippen LogP contribution in [0.4, 0.5) is 0 Å². The summed E-state index contributed by atoms with van der Waals surface area (Å²) >= 11 is 0. The molecule has 11 heavy (non-hydrogen) atoms. The Morgan fingerprint density at radius 3 is 2.00 bits per heavy atom. The molecule has 0 radical (unpaired) electrons. The van der Waals surface area contributed by atoms with Gasteiger partial charge < -0.3 is 15.3 Å². The molecule has 0 aliphatic carbocycles. The van der Waals surface area contributed by atoms with Crippen LogP contribution < -0.4 is 0 Å². The number of rotatable bonds is 4. The lowest BCUT2D eigenvalue weighted by atomic mass is 10.2. The molecule has 0 rings (SSSR count). The van der Waals surface area contributed by atoms with E-state index in [1.165, 1.54) is 0 Å². The van der Waals surface area contributed by atoms with Crippen molar-refractivity contribution in [3.8, 4) is 0 Å². The molecule has 1 atom stereocenters. The van der Waals surface area contributed by atoms with Crippen molar-refractivity contribution in [2.24, 2.45) is 0 Å². The van der Waals surface area contributed by atoms with Gasteiger partial charge in [-0.1, -0.05) is 0 Å². The SMILES string of the molecule is O=C(O)C(=O)C(=O)[C@H](O)CO. The molecule has 0 aromatic rings. The van der Waals surface area contributed by atoms with E-state index in [4.69, 9.17) is 15.3 Å². The van der Waals surface area contributed by atoms with E-state index in [1.807, 2.05) is 0 Å². The number of hydrogen-bond acceptors (Lipinski definition) is 5. The second-order valence-corrected chi connectivity index (χ2v) is 1.70. The zero-order valence-corrected chi connectivity index (χ0v) is 5.35. The highest BCUT2D eigenvalue weighted by Crippen LogP contribution is 1.86. The Labute approximate surface area is 61.1 Å². The number of carbonyl (C=O) groups is 3. The van der Waals surface area contributed by atoms with Crippen LogP contribution in [0, 0.1) is 0 Å². The van der Waals surface area contributed by atoms with E-state index >= 15 is 0 Å². The minimum atomic E-state index is -1.94. The predicted molar refractivity (Wildman–Crippen MR) is 30.7 cm³/mol. The lowest BCUT2D eigenvalue weighted by molar-refractivity contribution is -0.155. The van der Waals surface area contributed by atoms with Crippen molar-refractivity contribution in [2.45, 2.75) is 6.10 Å². The Balaban J connectivity index is 4.26. The molecule has 0 unspecified atom stereocenters. The number of Topliss-reactive ketones (excluding diaryl/α,β-unsaturated/α-hetero) is 2. The van der Waals surface area contributed by atoms with Gasteiger partial charge in [0.05, 0.1) is 6.61 Å². The highest BCUT2D eigenvalue weighted by atomic mass is 16.4. The van der Waals surface area contributed by atoms with Gasteiger partial charge in [0, 0.05) is 0 Å². The summed E-state index contributed by atoms with van der Waals surface area (Å²) in [6.45, 7) is -0.960. The lowest BCUT2D eigenvalue weighted by Gasteiger charge is -2.00. The van der Waals surface area contributed by atoms with E-state index in [2.05, 4.69) is 0 Å². The normalized spacial score (nSPS) is 12.2. The summed E-state index contributed by atoms with van der Waals surface area (Å²) in [6, 6.07) is 0. The zero-order chi connectivity index (χ0) is 9.02. The molecular formula is C5H6O6. The Hall–Kier alpha value is -1.27. The number of carboxylic acid groups (broad SMARTS) is 1. The number of aliphatic hydroxyl groups excluding tert-OH is 2. The average Bonchev–Trinajstić information content (AvgIpc) is 2.00. The third-order valence-electron chi connectivity index (χ3n) is 0.894. The van der Waals surface area contributed by atoms with E-state index in [0.29, 0.717) is 0 Å². The third-order valence-corrected chi connectivity index (χ3v) is 0.894. The quantitative estimate of drug-likeness (QED) is 0.313. The van der Waals surface area contributed by atoms with Crippen molar-refractivity contribution in [1.82, 2.24) is 0 Å². The van der Waals surface area contributed by atoms with Crippen molar-refractivity contribution < 1.29 is 29.7 Å². The molecular weight excluding hydrogens is 156 g/mol. The molecule has 6 heteroatoms. The lowest BCUT2D eigenvalue weighted by Crippen LogP contribution is -2.35. The van der Waals surface area contributed by atoms with Gasteiger partial charge in [-0.3, -0.25) is 9.59 Å². The van der Waals surface area contributed by atoms with Crippen LogP contribution >= 0.6 is 0 Å². The molecule has 0 aliphatic rings. The van der Waals surface area contributed by atoms with Crippen LogP contribution in [0.3, 0.4) is 0 Å². The second kappa shape index (κ2) is 3.79. The number of carbonyl (C=O) groups excluding carboxylic acids is 2. The summed E-state index contributed by atoms with van der Waals surface area (Å²) < 4.78 is 0. The van der Waals surface area contributed by atoms with Crippen molar-refractivity contribution in [3.63, 3.8) is 0 Å². The van der Waals surface area contributed by atoms with Crippen LogP contribution in [0.5, 0.6) is 0 Å². The first-order valence-electron chi connectivity index (χ1n) is 2.61. The largest absolute Gasteiger partial charge is 0.475 e. The summed E-state index contributed by atoms with van der Waals surface area (Å²) in [4.78, 5) is 30.4. The van der Waals surface area contributed by atoms with Crippen LogP contribution in [0.25, 0.3) is 0 Å². The molecule has 0 fully saturated rings. The maximum Gasteiger partial charge on any atom is 0.380 e. The molecule has 0 spiro atoms. The number of hydrogen-bond donors (Lipinski definition) is 3. The fourth-order valence-electron chi connectivity index (χ4n) is 0.340. The molecule has 0 saturated carbocycles. The Morgan fingerprint density at radius 2 is 1.73 bits per heavy atom. The van der Waals surface area contributed by atoms with Crippen LogP contribution in [0.1, 0.15) is 0 Å². The van der Waals surface area contributed by atoms with Gasteiger partial charge in [-0.15, -0.1) is 0 Å². The zero-order valence-electron chi connectivity index (χ0n) is 5.35. The first-order valence-corrected chi connectivity index (χ1v) is 2.61. The summed E-state index contributed by atoms with van der Waals surface area (Å²) in [5.74, 6) is -5.19. The molecule has 6 nitrogen and oxygen atoms in total. The van der Waals surface area contributed by atoms with E-state index < -0.39 is 30.2 Å². The fourth-order valence-corrected chi connectivity index (χ4v) is 0.340. The molecule has 62 valence electrons. The molecule has 0 heterocycles. The molecule has 0 aromatic heterocycles. The number of carboxylic acids is 1. The topological polar surface area (TPSA) is 112 Å². The number of aliphatic hydroxyl groups is 2. The Kier molecular flexibility index (Phi) is 3.35. The number of aliphatic carboxylic acids is 1. The monoisotopic (exact) mass is 162 g/mol. The maximum absolute atomic E-state index is 10.4. The van der Waals surface area contributed by atoms with Gasteiger partial charge in [0.25, 0.3) is 0 Å². The van der Waals surface area contributed by atoms with Gasteiger partial charge in [-0.05, 0) is 0 Å². The molecule has 0 amide bonds. The van der Waals surface area contributed by atoms with Crippen LogP contribution in [0.15, 0.2) is 0 Å². The Morgan fingerprint density at radius 1 is 1.27 bits per heavy atom. The second-order valence-electron chi connectivity index (χ2n) is 1.70. The van der Waals surface area contributed by atoms with Crippen molar-refractivity contribution in [2.75, 3.05) is 6.61 Å². The highest BCUT2D eigenvalue weighted by molar-refractivity contribution is 6.62. The van der Waals surface area contributed by atoms with Gasteiger partial charge >= 0.3 is 11.8 Å². The first kappa shape index (κ1) is 9.73. The van der Waals surface area contributed by atoms with Crippen molar-refractivity contribution >= 4 is 17.5 Å².